The molecule has 0 aliphatic rings. The molecule has 29 heavy (non-hydrogen) atoms. The molecule has 1 heterocycles. The van der Waals surface area contributed by atoms with Crippen molar-refractivity contribution in [2.45, 2.75) is 0 Å². The van der Waals surface area contributed by atoms with Crippen LogP contribution < -0.4 is 5.73 Å². The second-order valence-electron chi connectivity index (χ2n) is 6.71. The number of rotatable bonds is 3. The molecule has 0 saturated heterocycles. The Morgan fingerprint density at radius 2 is 1.69 bits per heavy atom. The third kappa shape index (κ3) is 3.11. The van der Waals surface area contributed by atoms with E-state index in [-0.39, 0.29) is 5.75 Å². The molecule has 0 amide bonds. The van der Waals surface area contributed by atoms with Crippen molar-refractivity contribution in [3.63, 3.8) is 0 Å². The maximum absolute atomic E-state index is 11.2. The summed E-state index contributed by atoms with van der Waals surface area (Å²) in [4.78, 5) is 9.26. The lowest BCUT2D eigenvalue weighted by atomic mass is 10.00. The standard InChI is InChI=1S/C24H17N3OS/c25-19-9-3-4-10-20(19)26-14-18-16-8-2-1-7-15(16)13-17(23(18)28)24-27-21-11-5-6-12-22(21)29-24/h1-14,28H,25H2. The summed E-state index contributed by atoms with van der Waals surface area (Å²) in [6, 6.07) is 25.3. The van der Waals surface area contributed by atoms with Crippen LogP contribution in [-0.4, -0.2) is 16.3 Å². The Morgan fingerprint density at radius 3 is 2.55 bits per heavy atom. The number of phenols is 1. The number of hydrogen-bond acceptors (Lipinski definition) is 5. The average molecular weight is 395 g/mol. The van der Waals surface area contributed by atoms with Gasteiger partial charge in [-0.15, -0.1) is 11.3 Å². The van der Waals surface area contributed by atoms with Gasteiger partial charge in [-0.1, -0.05) is 48.5 Å². The molecule has 4 aromatic carbocycles. The molecule has 0 bridgehead atoms. The molecule has 0 radical (unpaired) electrons. The molecule has 3 N–H and O–H groups in total. The molecule has 0 aliphatic carbocycles. The fourth-order valence-corrected chi connectivity index (χ4v) is 4.37. The maximum Gasteiger partial charge on any atom is 0.135 e. The summed E-state index contributed by atoms with van der Waals surface area (Å²) in [5.41, 5.74) is 9.55. The summed E-state index contributed by atoms with van der Waals surface area (Å²) in [6.07, 6.45) is 1.68. The zero-order valence-corrected chi connectivity index (χ0v) is 16.2. The number of anilines is 1. The van der Waals surface area contributed by atoms with Gasteiger partial charge in [-0.05, 0) is 41.1 Å². The number of nitrogen functional groups attached to an aromatic ring is 1. The van der Waals surface area contributed by atoms with Gasteiger partial charge in [0.05, 0.1) is 27.2 Å². The number of aliphatic imine (C=N–C) groups is 1. The van der Waals surface area contributed by atoms with E-state index >= 15 is 0 Å². The number of fused-ring (bicyclic) bond motifs is 2. The minimum Gasteiger partial charge on any atom is -0.507 e. The number of benzene rings is 4. The van der Waals surface area contributed by atoms with Crippen LogP contribution in [0.2, 0.25) is 0 Å². The highest BCUT2D eigenvalue weighted by Gasteiger charge is 2.16. The maximum atomic E-state index is 11.2. The summed E-state index contributed by atoms with van der Waals surface area (Å²) >= 11 is 1.56. The molecule has 5 rings (SSSR count). The van der Waals surface area contributed by atoms with E-state index in [4.69, 9.17) is 10.7 Å². The topological polar surface area (TPSA) is 71.5 Å². The first-order valence-electron chi connectivity index (χ1n) is 9.20. The normalized spacial score (nSPS) is 11.6. The first-order chi connectivity index (χ1) is 14.2. The van der Waals surface area contributed by atoms with Crippen LogP contribution in [0.5, 0.6) is 5.75 Å². The number of thiazole rings is 1. The van der Waals surface area contributed by atoms with Gasteiger partial charge in [-0.3, -0.25) is 4.99 Å². The van der Waals surface area contributed by atoms with E-state index < -0.39 is 0 Å². The van der Waals surface area contributed by atoms with Gasteiger partial charge in [0.2, 0.25) is 0 Å². The van der Waals surface area contributed by atoms with Gasteiger partial charge >= 0.3 is 0 Å². The molecule has 5 heteroatoms. The highest BCUT2D eigenvalue weighted by Crippen LogP contribution is 2.40. The monoisotopic (exact) mass is 395 g/mol. The van der Waals surface area contributed by atoms with Crippen LogP contribution in [0, 0.1) is 0 Å². The largest absolute Gasteiger partial charge is 0.507 e. The van der Waals surface area contributed by atoms with Crippen molar-refractivity contribution in [2.75, 3.05) is 5.73 Å². The van der Waals surface area contributed by atoms with Crippen LogP contribution >= 0.6 is 11.3 Å². The van der Waals surface area contributed by atoms with Crippen LogP contribution in [0.4, 0.5) is 11.4 Å². The molecule has 140 valence electrons. The quantitative estimate of drug-likeness (QED) is 0.284. The molecule has 5 aromatic rings. The first-order valence-corrected chi connectivity index (χ1v) is 10.0. The van der Waals surface area contributed by atoms with E-state index in [1.165, 1.54) is 0 Å². The average Bonchev–Trinajstić information content (AvgIpc) is 3.18. The summed E-state index contributed by atoms with van der Waals surface area (Å²) in [6.45, 7) is 0. The Balaban J connectivity index is 1.72. The smallest absolute Gasteiger partial charge is 0.135 e. The van der Waals surface area contributed by atoms with Crippen LogP contribution in [0.1, 0.15) is 5.56 Å². The lowest BCUT2D eigenvalue weighted by Gasteiger charge is -2.10. The van der Waals surface area contributed by atoms with Crippen LogP contribution in [0.25, 0.3) is 31.6 Å². The van der Waals surface area contributed by atoms with Crippen molar-refractivity contribution in [3.8, 4) is 16.3 Å². The summed E-state index contributed by atoms with van der Waals surface area (Å²) in [5, 5.41) is 13.9. The number of aromatic hydroxyl groups is 1. The Kier molecular flexibility index (Phi) is 4.22. The minimum atomic E-state index is 0.168. The van der Waals surface area contributed by atoms with E-state index in [0.29, 0.717) is 22.5 Å². The fraction of sp³-hybridized carbons (Fsp3) is 0. The number of phenolic OH excluding ortho intramolecular Hbond substituents is 1. The van der Waals surface area contributed by atoms with Gasteiger partial charge < -0.3 is 10.8 Å². The number of para-hydroxylation sites is 3. The molecule has 0 saturated carbocycles. The molecule has 0 spiro atoms. The highest BCUT2D eigenvalue weighted by atomic mass is 32.1. The molecule has 0 aliphatic heterocycles. The van der Waals surface area contributed by atoms with Crippen LogP contribution in [0.15, 0.2) is 83.9 Å². The second kappa shape index (κ2) is 7.04. The second-order valence-corrected chi connectivity index (χ2v) is 7.74. The summed E-state index contributed by atoms with van der Waals surface area (Å²) < 4.78 is 1.09. The Hall–Kier alpha value is -3.70. The van der Waals surface area contributed by atoms with E-state index in [2.05, 4.69) is 4.99 Å². The van der Waals surface area contributed by atoms with Gasteiger partial charge in [-0.25, -0.2) is 4.98 Å². The molecular formula is C24H17N3OS. The van der Waals surface area contributed by atoms with Gasteiger partial charge in [0.1, 0.15) is 10.8 Å². The summed E-state index contributed by atoms with van der Waals surface area (Å²) in [7, 11) is 0. The number of nitrogens with zero attached hydrogens (tertiary/aromatic N) is 2. The molecule has 0 atom stereocenters. The zero-order chi connectivity index (χ0) is 19.8. The van der Waals surface area contributed by atoms with Gasteiger partial charge in [0, 0.05) is 11.8 Å². The fourth-order valence-electron chi connectivity index (χ4n) is 3.38. The van der Waals surface area contributed by atoms with Crippen molar-refractivity contribution >= 4 is 49.9 Å². The third-order valence-electron chi connectivity index (χ3n) is 4.85. The lowest BCUT2D eigenvalue weighted by Crippen LogP contribution is -1.91. The Bertz CT molecular complexity index is 1350. The predicted molar refractivity (Wildman–Crippen MR) is 122 cm³/mol. The van der Waals surface area contributed by atoms with Crippen LogP contribution in [-0.2, 0) is 0 Å². The number of aromatic nitrogens is 1. The molecule has 1 aromatic heterocycles. The van der Waals surface area contributed by atoms with E-state index in [9.17, 15) is 5.11 Å². The third-order valence-corrected chi connectivity index (χ3v) is 5.92. The van der Waals surface area contributed by atoms with Crippen molar-refractivity contribution in [2.24, 2.45) is 4.99 Å². The first kappa shape index (κ1) is 17.4. The summed E-state index contributed by atoms with van der Waals surface area (Å²) in [5.74, 6) is 0.168. The van der Waals surface area contributed by atoms with Gasteiger partial charge in [0.25, 0.3) is 0 Å². The van der Waals surface area contributed by atoms with E-state index in [0.717, 1.165) is 26.0 Å². The van der Waals surface area contributed by atoms with E-state index in [1.807, 2.05) is 78.9 Å². The predicted octanol–water partition coefficient (Wildman–Crippen LogP) is 6.15. The van der Waals surface area contributed by atoms with Crippen LogP contribution in [0.3, 0.4) is 0 Å². The number of nitrogens with two attached hydrogens (primary N) is 1. The Morgan fingerprint density at radius 1 is 0.931 bits per heavy atom. The SMILES string of the molecule is Nc1ccccc1N=Cc1c(O)c(-c2nc3ccccc3s2)cc2ccccc12. The van der Waals surface area contributed by atoms with Crippen molar-refractivity contribution < 1.29 is 5.11 Å². The lowest BCUT2D eigenvalue weighted by molar-refractivity contribution is 0.477. The van der Waals surface area contributed by atoms with Gasteiger partial charge in [0.15, 0.2) is 0 Å². The Labute approximate surface area is 171 Å². The zero-order valence-electron chi connectivity index (χ0n) is 15.4. The van der Waals surface area contributed by atoms with Gasteiger partial charge in [-0.2, -0.15) is 0 Å². The molecule has 4 nitrogen and oxygen atoms in total. The minimum absolute atomic E-state index is 0.168. The number of hydrogen-bond donors (Lipinski definition) is 2. The highest BCUT2D eigenvalue weighted by molar-refractivity contribution is 7.21. The molecular weight excluding hydrogens is 378 g/mol. The van der Waals surface area contributed by atoms with E-state index in [1.54, 1.807) is 17.6 Å². The molecule has 0 unspecified atom stereocenters. The van der Waals surface area contributed by atoms with Crippen molar-refractivity contribution in [3.05, 3.63) is 84.4 Å². The molecule has 0 fully saturated rings. The van der Waals surface area contributed by atoms with Crippen molar-refractivity contribution in [1.82, 2.24) is 4.98 Å². The van der Waals surface area contributed by atoms with Crippen molar-refractivity contribution in [1.29, 1.82) is 0 Å².